The lowest BCUT2D eigenvalue weighted by Crippen LogP contribution is -2.62. The molecule has 3 N–H and O–H groups in total. The number of carbonyl (C=O) groups excluding carboxylic acids is 4. The first-order chi connectivity index (χ1) is 29.8. The van der Waals surface area contributed by atoms with E-state index >= 15 is 0 Å². The summed E-state index contributed by atoms with van der Waals surface area (Å²) in [5.74, 6) is -2.89. The molecule has 0 bridgehead atoms. The van der Waals surface area contributed by atoms with E-state index in [1.807, 2.05) is 66.7 Å². The Morgan fingerprint density at radius 3 is 1.94 bits per heavy atom. The maximum Gasteiger partial charge on any atom is 0.303 e. The predicted molar refractivity (Wildman–Crippen MR) is 227 cm³/mol. The molecule has 0 spiro atoms. The number of hydrogen-bond acceptors (Lipinski definition) is 15. The van der Waals surface area contributed by atoms with Gasteiger partial charge in [0.15, 0.2) is 24.6 Å². The number of rotatable bonds is 16. The number of likely N-dealkylation sites (tertiary alicyclic amines) is 1. The Bertz CT molecular complexity index is 1980. The van der Waals surface area contributed by atoms with Gasteiger partial charge in [-0.2, -0.15) is 0 Å². The fourth-order valence-electron chi connectivity index (χ4n) is 8.47. The maximum atomic E-state index is 12.3. The van der Waals surface area contributed by atoms with E-state index in [1.165, 1.54) is 27.7 Å². The van der Waals surface area contributed by atoms with E-state index in [1.54, 1.807) is 0 Å². The van der Waals surface area contributed by atoms with Gasteiger partial charge >= 0.3 is 23.9 Å². The van der Waals surface area contributed by atoms with E-state index in [4.69, 9.17) is 45.4 Å². The second kappa shape index (κ2) is 22.0. The average Bonchev–Trinajstić information content (AvgIpc) is 3.71. The first-order valence-electron chi connectivity index (χ1n) is 20.9. The summed E-state index contributed by atoms with van der Waals surface area (Å²) in [6.45, 7) is 6.20. The summed E-state index contributed by atoms with van der Waals surface area (Å²) in [6.07, 6.45) is -5.28. The number of hydrogen-bond donors (Lipinski definition) is 3. The summed E-state index contributed by atoms with van der Waals surface area (Å²) in [5.41, 5.74) is 4.52. The van der Waals surface area contributed by atoms with Crippen LogP contribution in [-0.4, -0.2) is 113 Å². The summed E-state index contributed by atoms with van der Waals surface area (Å²) in [4.78, 5) is 51.0. The van der Waals surface area contributed by atoms with Gasteiger partial charge in [0, 0.05) is 64.7 Å². The number of esters is 4. The minimum Gasteiger partial charge on any atom is -0.463 e. The highest BCUT2D eigenvalue weighted by Gasteiger charge is 2.52. The smallest absolute Gasteiger partial charge is 0.303 e. The Balaban J connectivity index is 1.19. The number of carbonyl (C=O) groups is 4. The van der Waals surface area contributed by atoms with Crippen LogP contribution in [0.1, 0.15) is 93.1 Å². The molecule has 0 aromatic heterocycles. The van der Waals surface area contributed by atoms with Crippen molar-refractivity contribution in [2.45, 2.75) is 121 Å². The third kappa shape index (κ3) is 12.2. The van der Waals surface area contributed by atoms with Gasteiger partial charge in [0.1, 0.15) is 18.8 Å². The van der Waals surface area contributed by atoms with Gasteiger partial charge in [0.25, 0.3) is 0 Å². The van der Waals surface area contributed by atoms with Crippen molar-refractivity contribution in [2.75, 3.05) is 26.3 Å². The van der Waals surface area contributed by atoms with Crippen molar-refractivity contribution in [2.24, 2.45) is 0 Å². The number of aliphatic hydroxyl groups excluding tert-OH is 2. The van der Waals surface area contributed by atoms with Gasteiger partial charge < -0.3 is 48.7 Å². The van der Waals surface area contributed by atoms with E-state index < -0.39 is 60.7 Å². The van der Waals surface area contributed by atoms with Gasteiger partial charge in [0.2, 0.25) is 0 Å². The Kier molecular flexibility index (Phi) is 16.6. The zero-order valence-corrected chi connectivity index (χ0v) is 36.2. The second-order valence-electron chi connectivity index (χ2n) is 15.8. The van der Waals surface area contributed by atoms with Crippen LogP contribution in [0.4, 0.5) is 0 Å². The topological polar surface area (TPSA) is 189 Å². The zero-order chi connectivity index (χ0) is 44.3. The standard InChI is InChI=1S/C46H56N2O13S/c1-27(51)55-26-39-44(57-29(3)53)45(58-30(4)54)43(56-28(2)52)37(59-39)21-40(62)47-22-31-12-18-35(19-13-31)46-60-38(23-48-20-8-11-36(48)25-50)41(33-9-6-5-7-10-33)42(61-46)34-16-14-32(24-49)15-17-34/h5-7,9-10,12-19,36-39,41-46,49-50H,8,11,20-26H2,1-4H3,(H,47,62). The summed E-state index contributed by atoms with van der Waals surface area (Å²) in [7, 11) is 0. The van der Waals surface area contributed by atoms with Crippen molar-refractivity contribution in [3.05, 3.63) is 107 Å². The van der Waals surface area contributed by atoms with Crippen molar-refractivity contribution in [3.8, 4) is 0 Å². The minimum absolute atomic E-state index is 0.00897. The van der Waals surface area contributed by atoms with Gasteiger partial charge in [-0.05, 0) is 41.6 Å². The van der Waals surface area contributed by atoms with Crippen LogP contribution in [0.3, 0.4) is 0 Å². The van der Waals surface area contributed by atoms with Gasteiger partial charge in [-0.3, -0.25) is 24.1 Å². The maximum absolute atomic E-state index is 12.3. The molecular formula is C46H56N2O13S. The van der Waals surface area contributed by atoms with Crippen LogP contribution in [0.15, 0.2) is 78.9 Å². The molecule has 3 aromatic rings. The molecule has 3 aromatic carbocycles. The number of thiocarbonyl (C=S) groups is 1. The Labute approximate surface area is 366 Å². The molecule has 16 heteroatoms. The second-order valence-corrected chi connectivity index (χ2v) is 16.3. The molecule has 0 aliphatic carbocycles. The predicted octanol–water partition coefficient (Wildman–Crippen LogP) is 4.51. The van der Waals surface area contributed by atoms with Crippen molar-refractivity contribution < 1.29 is 62.5 Å². The molecule has 15 nitrogen and oxygen atoms in total. The van der Waals surface area contributed by atoms with Crippen molar-refractivity contribution >= 4 is 41.1 Å². The molecule has 0 radical (unpaired) electrons. The molecule has 3 aliphatic heterocycles. The summed E-state index contributed by atoms with van der Waals surface area (Å²) in [6, 6.07) is 25.8. The normalized spacial score (nSPS) is 27.5. The Morgan fingerprint density at radius 1 is 0.710 bits per heavy atom. The Hall–Kier alpha value is -4.81. The van der Waals surface area contributed by atoms with Crippen LogP contribution >= 0.6 is 12.2 Å². The fourth-order valence-corrected chi connectivity index (χ4v) is 8.71. The summed E-state index contributed by atoms with van der Waals surface area (Å²) >= 11 is 5.73. The zero-order valence-electron chi connectivity index (χ0n) is 35.4. The highest BCUT2D eigenvalue weighted by molar-refractivity contribution is 7.80. The lowest BCUT2D eigenvalue weighted by Gasteiger charge is -2.44. The molecule has 3 saturated heterocycles. The molecule has 10 atom stereocenters. The molecule has 334 valence electrons. The van der Waals surface area contributed by atoms with E-state index in [2.05, 4.69) is 22.3 Å². The van der Waals surface area contributed by atoms with Crippen LogP contribution in [0.5, 0.6) is 0 Å². The highest BCUT2D eigenvalue weighted by Crippen LogP contribution is 2.47. The number of benzene rings is 3. The number of aliphatic hydroxyl groups is 2. The van der Waals surface area contributed by atoms with Crippen LogP contribution in [-0.2, 0) is 65.5 Å². The lowest BCUT2D eigenvalue weighted by atomic mass is 9.83. The van der Waals surface area contributed by atoms with E-state index in [0.717, 1.165) is 47.2 Å². The monoisotopic (exact) mass is 876 g/mol. The third-order valence-corrected chi connectivity index (χ3v) is 11.6. The summed E-state index contributed by atoms with van der Waals surface area (Å²) in [5, 5.41) is 23.2. The minimum atomic E-state index is -1.28. The number of nitrogens with zero attached hydrogens (tertiary/aromatic N) is 1. The largest absolute Gasteiger partial charge is 0.463 e. The highest BCUT2D eigenvalue weighted by atomic mass is 32.1. The van der Waals surface area contributed by atoms with Crippen molar-refractivity contribution in [3.63, 3.8) is 0 Å². The molecule has 62 heavy (non-hydrogen) atoms. The first kappa shape index (κ1) is 46.7. The molecule has 10 unspecified atom stereocenters. The van der Waals surface area contributed by atoms with Gasteiger partial charge in [-0.1, -0.05) is 91.1 Å². The van der Waals surface area contributed by atoms with Crippen LogP contribution in [0.25, 0.3) is 0 Å². The van der Waals surface area contributed by atoms with Gasteiger partial charge in [0.05, 0.1) is 30.4 Å². The number of nitrogens with one attached hydrogen (secondary N) is 1. The van der Waals surface area contributed by atoms with E-state index in [9.17, 15) is 29.4 Å². The quantitative estimate of drug-likeness (QED) is 0.104. The van der Waals surface area contributed by atoms with Crippen LogP contribution in [0, 0.1) is 0 Å². The van der Waals surface area contributed by atoms with Crippen LogP contribution < -0.4 is 5.32 Å². The van der Waals surface area contributed by atoms with E-state index in [0.29, 0.717) is 18.1 Å². The van der Waals surface area contributed by atoms with Crippen molar-refractivity contribution in [1.82, 2.24) is 10.2 Å². The molecule has 0 amide bonds. The van der Waals surface area contributed by atoms with Gasteiger partial charge in [-0.25, -0.2) is 0 Å². The molecule has 3 fully saturated rings. The Morgan fingerprint density at radius 2 is 1.32 bits per heavy atom. The average molecular weight is 877 g/mol. The molecule has 3 heterocycles. The summed E-state index contributed by atoms with van der Waals surface area (Å²) < 4.78 is 41.8. The van der Waals surface area contributed by atoms with Crippen molar-refractivity contribution in [1.29, 1.82) is 0 Å². The molecular weight excluding hydrogens is 821 g/mol. The van der Waals surface area contributed by atoms with Gasteiger partial charge in [-0.15, -0.1) is 0 Å². The first-order valence-corrected chi connectivity index (χ1v) is 21.3. The lowest BCUT2D eigenvalue weighted by molar-refractivity contribution is -0.264. The SMILES string of the molecule is CC(=O)OCC1OC(CC(=S)NCc2ccc(C3OC(CN4CCCC4CO)C(c4ccccc4)C(c4ccc(CO)cc4)O3)cc2)C(OC(C)=O)C(OC(C)=O)C1OC(C)=O. The third-order valence-electron chi connectivity index (χ3n) is 11.3. The number of ether oxygens (including phenoxy) is 7. The van der Waals surface area contributed by atoms with Crippen LogP contribution in [0.2, 0.25) is 0 Å². The molecule has 3 aliphatic rings. The fraction of sp³-hybridized carbons (Fsp3) is 0.500. The van der Waals surface area contributed by atoms with E-state index in [-0.39, 0.29) is 50.4 Å². The molecule has 6 rings (SSSR count). The molecule has 0 saturated carbocycles.